The van der Waals surface area contributed by atoms with Gasteiger partial charge >= 0.3 is 0 Å². The van der Waals surface area contributed by atoms with Crippen LogP contribution in [0.3, 0.4) is 0 Å². The third kappa shape index (κ3) is 4.24. The summed E-state index contributed by atoms with van der Waals surface area (Å²) in [6.07, 6.45) is 0. The van der Waals surface area contributed by atoms with Crippen molar-refractivity contribution in [3.63, 3.8) is 0 Å². The van der Waals surface area contributed by atoms with E-state index < -0.39 is 5.41 Å². The van der Waals surface area contributed by atoms with Crippen LogP contribution < -0.4 is 15.2 Å². The fourth-order valence-electron chi connectivity index (χ4n) is 2.28. The highest BCUT2D eigenvalue weighted by atomic mass is 16.5. The van der Waals surface area contributed by atoms with E-state index in [9.17, 15) is 5.11 Å². The van der Waals surface area contributed by atoms with Gasteiger partial charge in [-0.15, -0.1) is 0 Å². The highest BCUT2D eigenvalue weighted by molar-refractivity contribution is 5.44. The summed E-state index contributed by atoms with van der Waals surface area (Å²) < 4.78 is 11.3. The van der Waals surface area contributed by atoms with Crippen molar-refractivity contribution >= 4 is 0 Å². The van der Waals surface area contributed by atoms with Crippen LogP contribution in [0.5, 0.6) is 11.5 Å². The Bertz CT molecular complexity index is 626. The maximum atomic E-state index is 9.51. The van der Waals surface area contributed by atoms with E-state index in [1.54, 1.807) is 7.11 Å². The molecule has 0 aliphatic carbocycles. The van der Waals surface area contributed by atoms with Crippen molar-refractivity contribution in [3.05, 3.63) is 59.7 Å². The van der Waals surface area contributed by atoms with Crippen molar-refractivity contribution in [1.29, 1.82) is 0 Å². The molecule has 23 heavy (non-hydrogen) atoms. The third-order valence-electron chi connectivity index (χ3n) is 4.03. The Hall–Kier alpha value is -2.04. The molecule has 4 heteroatoms. The second-order valence-corrected chi connectivity index (χ2v) is 6.31. The molecule has 0 unspecified atom stereocenters. The molecule has 4 nitrogen and oxygen atoms in total. The van der Waals surface area contributed by atoms with Gasteiger partial charge in [-0.2, -0.15) is 0 Å². The van der Waals surface area contributed by atoms with Crippen LogP contribution in [-0.4, -0.2) is 18.8 Å². The molecule has 0 aliphatic heterocycles. The van der Waals surface area contributed by atoms with Gasteiger partial charge in [-0.3, -0.25) is 0 Å². The molecular weight excluding hydrogens is 290 g/mol. The molecular formula is C19H25NO3. The van der Waals surface area contributed by atoms with E-state index >= 15 is 0 Å². The number of aliphatic hydroxyl groups is 1. The average Bonchev–Trinajstić information content (AvgIpc) is 2.59. The monoisotopic (exact) mass is 315 g/mol. The summed E-state index contributed by atoms with van der Waals surface area (Å²) in [6.45, 7) is 4.35. The molecule has 0 amide bonds. The SMILES string of the molecule is COc1ccc([C@@H](N)C(C)(C)CO)cc1OCc1ccccc1. The first-order chi connectivity index (χ1) is 11.0. The quantitative estimate of drug-likeness (QED) is 0.823. The van der Waals surface area contributed by atoms with Crippen molar-refractivity contribution in [3.8, 4) is 11.5 Å². The number of hydrogen-bond acceptors (Lipinski definition) is 4. The van der Waals surface area contributed by atoms with Crippen LogP contribution in [0.2, 0.25) is 0 Å². The minimum Gasteiger partial charge on any atom is -0.493 e. The second-order valence-electron chi connectivity index (χ2n) is 6.31. The van der Waals surface area contributed by atoms with E-state index in [0.717, 1.165) is 11.1 Å². The fourth-order valence-corrected chi connectivity index (χ4v) is 2.28. The summed E-state index contributed by atoms with van der Waals surface area (Å²) in [5, 5.41) is 9.51. The predicted octanol–water partition coefficient (Wildman–Crippen LogP) is 3.29. The topological polar surface area (TPSA) is 64.7 Å². The van der Waals surface area contributed by atoms with Gasteiger partial charge in [0.05, 0.1) is 7.11 Å². The lowest BCUT2D eigenvalue weighted by Gasteiger charge is -2.30. The summed E-state index contributed by atoms with van der Waals surface area (Å²) in [6, 6.07) is 15.3. The van der Waals surface area contributed by atoms with Crippen LogP contribution in [0, 0.1) is 5.41 Å². The summed E-state index contributed by atoms with van der Waals surface area (Å²) in [7, 11) is 1.61. The first-order valence-corrected chi connectivity index (χ1v) is 7.69. The highest BCUT2D eigenvalue weighted by Crippen LogP contribution is 2.36. The zero-order chi connectivity index (χ0) is 16.9. The molecule has 2 aromatic carbocycles. The Morgan fingerprint density at radius 1 is 1.09 bits per heavy atom. The van der Waals surface area contributed by atoms with E-state index in [-0.39, 0.29) is 12.6 Å². The van der Waals surface area contributed by atoms with Crippen molar-refractivity contribution in [2.24, 2.45) is 11.1 Å². The number of nitrogens with two attached hydrogens (primary N) is 1. The van der Waals surface area contributed by atoms with Gasteiger partial charge in [0.15, 0.2) is 11.5 Å². The lowest BCUT2D eigenvalue weighted by molar-refractivity contribution is 0.132. The van der Waals surface area contributed by atoms with Gasteiger partial charge in [0.2, 0.25) is 0 Å². The summed E-state index contributed by atoms with van der Waals surface area (Å²) in [4.78, 5) is 0. The lowest BCUT2D eigenvalue weighted by atomic mass is 9.82. The molecule has 0 aromatic heterocycles. The zero-order valence-corrected chi connectivity index (χ0v) is 14.0. The van der Waals surface area contributed by atoms with Gasteiger partial charge in [0.1, 0.15) is 6.61 Å². The Morgan fingerprint density at radius 2 is 1.78 bits per heavy atom. The highest BCUT2D eigenvalue weighted by Gasteiger charge is 2.27. The van der Waals surface area contributed by atoms with Gasteiger partial charge in [0.25, 0.3) is 0 Å². The number of rotatable bonds is 7. The van der Waals surface area contributed by atoms with E-state index in [1.165, 1.54) is 0 Å². The Balaban J connectivity index is 2.22. The minimum absolute atomic E-state index is 0.0143. The van der Waals surface area contributed by atoms with Gasteiger partial charge in [-0.25, -0.2) is 0 Å². The van der Waals surface area contributed by atoms with E-state index in [1.807, 2.05) is 62.4 Å². The molecule has 2 rings (SSSR count). The van der Waals surface area contributed by atoms with Gasteiger partial charge in [-0.1, -0.05) is 50.2 Å². The Morgan fingerprint density at radius 3 is 2.39 bits per heavy atom. The maximum absolute atomic E-state index is 9.51. The summed E-state index contributed by atoms with van der Waals surface area (Å²) in [5.41, 5.74) is 7.88. The molecule has 0 saturated carbocycles. The minimum atomic E-state index is -0.411. The van der Waals surface area contributed by atoms with Gasteiger partial charge in [0, 0.05) is 18.1 Å². The fraction of sp³-hybridized carbons (Fsp3) is 0.368. The number of hydrogen-bond donors (Lipinski definition) is 2. The first-order valence-electron chi connectivity index (χ1n) is 7.69. The molecule has 0 radical (unpaired) electrons. The van der Waals surface area contributed by atoms with Crippen molar-refractivity contribution < 1.29 is 14.6 Å². The molecule has 0 spiro atoms. The molecule has 0 saturated heterocycles. The Labute approximate surface area is 137 Å². The van der Waals surface area contributed by atoms with E-state index in [0.29, 0.717) is 18.1 Å². The first kappa shape index (κ1) is 17.3. The Kier molecular flexibility index (Phi) is 5.64. The summed E-state index contributed by atoms with van der Waals surface area (Å²) in [5.74, 6) is 1.32. The van der Waals surface area contributed by atoms with Crippen molar-refractivity contribution in [2.45, 2.75) is 26.5 Å². The smallest absolute Gasteiger partial charge is 0.161 e. The number of benzene rings is 2. The van der Waals surface area contributed by atoms with Crippen LogP contribution in [0.1, 0.15) is 31.0 Å². The average molecular weight is 315 g/mol. The third-order valence-corrected chi connectivity index (χ3v) is 4.03. The number of aliphatic hydroxyl groups excluding tert-OH is 1. The largest absolute Gasteiger partial charge is 0.493 e. The zero-order valence-electron chi connectivity index (χ0n) is 14.0. The number of methoxy groups -OCH3 is 1. The van der Waals surface area contributed by atoms with E-state index in [2.05, 4.69) is 0 Å². The molecule has 0 aliphatic rings. The molecule has 0 bridgehead atoms. The molecule has 1 atom stereocenters. The molecule has 124 valence electrons. The summed E-state index contributed by atoms with van der Waals surface area (Å²) >= 11 is 0. The molecule has 2 aromatic rings. The van der Waals surface area contributed by atoms with Gasteiger partial charge < -0.3 is 20.3 Å². The van der Waals surface area contributed by atoms with Crippen molar-refractivity contribution in [2.75, 3.05) is 13.7 Å². The van der Waals surface area contributed by atoms with E-state index in [4.69, 9.17) is 15.2 Å². The predicted molar refractivity (Wildman–Crippen MR) is 91.6 cm³/mol. The van der Waals surface area contributed by atoms with Crippen LogP contribution in [0.4, 0.5) is 0 Å². The molecule has 0 heterocycles. The second kappa shape index (κ2) is 7.49. The normalized spacial score (nSPS) is 12.7. The number of ether oxygens (including phenoxy) is 2. The molecule has 0 fully saturated rings. The van der Waals surface area contributed by atoms with Crippen LogP contribution in [0.15, 0.2) is 48.5 Å². The van der Waals surface area contributed by atoms with Crippen molar-refractivity contribution in [1.82, 2.24) is 0 Å². The van der Waals surface area contributed by atoms with Gasteiger partial charge in [-0.05, 0) is 23.3 Å². The van der Waals surface area contributed by atoms with Crippen LogP contribution in [0.25, 0.3) is 0 Å². The van der Waals surface area contributed by atoms with Crippen LogP contribution in [-0.2, 0) is 6.61 Å². The molecule has 3 N–H and O–H groups in total. The lowest BCUT2D eigenvalue weighted by Crippen LogP contribution is -2.32. The maximum Gasteiger partial charge on any atom is 0.161 e. The standard InChI is InChI=1S/C19H25NO3/c1-19(2,13-21)18(20)15-9-10-16(22-3)17(11-15)23-12-14-7-5-4-6-8-14/h4-11,18,21H,12-13,20H2,1-3H3/t18-/m1/s1. The van der Waals surface area contributed by atoms with Crippen LogP contribution >= 0.6 is 0 Å².